The van der Waals surface area contributed by atoms with Gasteiger partial charge in [0.1, 0.15) is 6.07 Å². The lowest BCUT2D eigenvalue weighted by Gasteiger charge is -2.11. The molecule has 0 amide bonds. The molecule has 0 atom stereocenters. The first-order valence-corrected chi connectivity index (χ1v) is 5.33. The van der Waals surface area contributed by atoms with E-state index in [4.69, 9.17) is 5.26 Å². The van der Waals surface area contributed by atoms with Crippen molar-refractivity contribution in [2.45, 2.75) is 6.42 Å². The molecule has 92 valence electrons. The fourth-order valence-corrected chi connectivity index (χ4v) is 1.39. The number of anilines is 1. The van der Waals surface area contributed by atoms with Gasteiger partial charge in [0.15, 0.2) is 11.6 Å². The average Bonchev–Trinajstić information content (AvgIpc) is 2.29. The summed E-state index contributed by atoms with van der Waals surface area (Å²) >= 11 is 0. The molecule has 5 heteroatoms. The van der Waals surface area contributed by atoms with Crippen LogP contribution in [-0.4, -0.2) is 32.1 Å². The first-order valence-electron chi connectivity index (χ1n) is 5.33. The Balaban J connectivity index is 2.61. The fraction of sp³-hybridized carbons (Fsp3) is 0.417. The first-order chi connectivity index (χ1) is 8.06. The van der Waals surface area contributed by atoms with Crippen LogP contribution in [0.1, 0.15) is 12.0 Å². The van der Waals surface area contributed by atoms with E-state index in [2.05, 4.69) is 5.32 Å². The molecule has 0 heterocycles. The van der Waals surface area contributed by atoms with Crippen molar-refractivity contribution in [2.24, 2.45) is 0 Å². The maximum absolute atomic E-state index is 13.4. The predicted molar refractivity (Wildman–Crippen MR) is 62.7 cm³/mol. The third kappa shape index (κ3) is 3.68. The minimum Gasteiger partial charge on any atom is -0.383 e. The zero-order valence-corrected chi connectivity index (χ0v) is 9.93. The minimum absolute atomic E-state index is 0.0975. The molecule has 17 heavy (non-hydrogen) atoms. The summed E-state index contributed by atoms with van der Waals surface area (Å²) < 4.78 is 26.7. The van der Waals surface area contributed by atoms with Crippen molar-refractivity contribution in [3.05, 3.63) is 29.3 Å². The van der Waals surface area contributed by atoms with Gasteiger partial charge in [0.2, 0.25) is 0 Å². The van der Waals surface area contributed by atoms with Gasteiger partial charge in [-0.15, -0.1) is 0 Å². The van der Waals surface area contributed by atoms with Crippen molar-refractivity contribution in [2.75, 3.05) is 32.5 Å². The number of hydrogen-bond acceptors (Lipinski definition) is 3. The van der Waals surface area contributed by atoms with Crippen molar-refractivity contribution < 1.29 is 8.78 Å². The Labute approximate surface area is 99.7 Å². The summed E-state index contributed by atoms with van der Waals surface area (Å²) in [5, 5.41) is 11.3. The van der Waals surface area contributed by atoms with Crippen LogP contribution in [0.2, 0.25) is 0 Å². The molecule has 0 aliphatic heterocycles. The number of halogens is 2. The summed E-state index contributed by atoms with van der Waals surface area (Å²) in [6, 6.07) is 4.25. The van der Waals surface area contributed by atoms with Crippen molar-refractivity contribution in [3.63, 3.8) is 0 Å². The van der Waals surface area contributed by atoms with Gasteiger partial charge in [-0.05, 0) is 39.2 Å². The molecule has 1 rings (SSSR count). The van der Waals surface area contributed by atoms with Crippen molar-refractivity contribution >= 4 is 5.69 Å². The van der Waals surface area contributed by atoms with Gasteiger partial charge in [0.05, 0.1) is 11.3 Å². The van der Waals surface area contributed by atoms with E-state index in [0.717, 1.165) is 13.0 Å². The Kier molecular flexibility index (Phi) is 4.85. The van der Waals surface area contributed by atoms with Gasteiger partial charge < -0.3 is 10.2 Å². The van der Waals surface area contributed by atoms with Crippen molar-refractivity contribution in [1.29, 1.82) is 5.26 Å². The summed E-state index contributed by atoms with van der Waals surface area (Å²) in [5.41, 5.74) is -0.179. The average molecular weight is 239 g/mol. The summed E-state index contributed by atoms with van der Waals surface area (Å²) in [7, 11) is 3.89. The third-order valence-electron chi connectivity index (χ3n) is 2.30. The molecule has 0 fully saturated rings. The van der Waals surface area contributed by atoms with Crippen LogP contribution in [0, 0.1) is 23.0 Å². The molecule has 0 aliphatic carbocycles. The van der Waals surface area contributed by atoms with E-state index in [0.29, 0.717) is 6.54 Å². The summed E-state index contributed by atoms with van der Waals surface area (Å²) in [4.78, 5) is 2.01. The van der Waals surface area contributed by atoms with Crippen LogP contribution < -0.4 is 5.32 Å². The number of hydrogen-bond donors (Lipinski definition) is 1. The van der Waals surface area contributed by atoms with Crippen LogP contribution in [-0.2, 0) is 0 Å². The Morgan fingerprint density at radius 3 is 2.59 bits per heavy atom. The van der Waals surface area contributed by atoms with E-state index >= 15 is 0 Å². The zero-order chi connectivity index (χ0) is 12.8. The van der Waals surface area contributed by atoms with Crippen LogP contribution in [0.3, 0.4) is 0 Å². The molecule has 1 aromatic rings. The number of benzene rings is 1. The van der Waals surface area contributed by atoms with Gasteiger partial charge in [-0.2, -0.15) is 5.26 Å². The number of nitriles is 1. The van der Waals surface area contributed by atoms with Gasteiger partial charge in [-0.1, -0.05) is 0 Å². The molecule has 0 spiro atoms. The van der Waals surface area contributed by atoms with Gasteiger partial charge in [0, 0.05) is 6.54 Å². The SMILES string of the molecule is CN(C)CCCNc1ccc(C#N)c(F)c1F. The highest BCUT2D eigenvalue weighted by molar-refractivity contribution is 5.49. The minimum atomic E-state index is -1.09. The molecule has 0 unspecified atom stereocenters. The van der Waals surface area contributed by atoms with Crippen LogP contribution in [0.25, 0.3) is 0 Å². The number of rotatable bonds is 5. The van der Waals surface area contributed by atoms with Crippen molar-refractivity contribution in [3.8, 4) is 6.07 Å². The molecular formula is C12H15F2N3. The Hall–Kier alpha value is -1.67. The van der Waals surface area contributed by atoms with E-state index < -0.39 is 11.6 Å². The smallest absolute Gasteiger partial charge is 0.183 e. The van der Waals surface area contributed by atoms with E-state index in [1.807, 2.05) is 19.0 Å². The van der Waals surface area contributed by atoms with Crippen LogP contribution in [0.4, 0.5) is 14.5 Å². The number of nitrogens with one attached hydrogen (secondary N) is 1. The van der Waals surface area contributed by atoms with Crippen molar-refractivity contribution in [1.82, 2.24) is 4.90 Å². The standard InChI is InChI=1S/C12H15F2N3/c1-17(2)7-3-6-16-10-5-4-9(8-15)11(13)12(10)14/h4-5,16H,3,6-7H2,1-2H3. The normalized spacial score (nSPS) is 10.4. The molecule has 0 bridgehead atoms. The van der Waals surface area contributed by atoms with Gasteiger partial charge >= 0.3 is 0 Å². The maximum Gasteiger partial charge on any atom is 0.183 e. The molecule has 0 aromatic heterocycles. The molecule has 1 aromatic carbocycles. The molecule has 0 saturated heterocycles. The largest absolute Gasteiger partial charge is 0.383 e. The van der Waals surface area contributed by atoms with Crippen LogP contribution in [0.5, 0.6) is 0 Å². The van der Waals surface area contributed by atoms with E-state index in [1.165, 1.54) is 12.1 Å². The van der Waals surface area contributed by atoms with E-state index in [-0.39, 0.29) is 11.3 Å². The Morgan fingerprint density at radius 2 is 2.00 bits per heavy atom. The molecule has 3 nitrogen and oxygen atoms in total. The van der Waals surface area contributed by atoms with Gasteiger partial charge in [-0.3, -0.25) is 0 Å². The monoisotopic (exact) mass is 239 g/mol. The molecule has 0 aliphatic rings. The summed E-state index contributed by atoms with van der Waals surface area (Å²) in [5.74, 6) is -2.08. The number of nitrogens with zero attached hydrogens (tertiary/aromatic N) is 2. The van der Waals surface area contributed by atoms with Gasteiger partial charge in [-0.25, -0.2) is 8.78 Å². The predicted octanol–water partition coefficient (Wildman–Crippen LogP) is 2.20. The maximum atomic E-state index is 13.4. The lowest BCUT2D eigenvalue weighted by Crippen LogP contribution is -2.16. The lowest BCUT2D eigenvalue weighted by molar-refractivity contribution is 0.405. The highest BCUT2D eigenvalue weighted by Crippen LogP contribution is 2.19. The van der Waals surface area contributed by atoms with Gasteiger partial charge in [0.25, 0.3) is 0 Å². The second kappa shape index (κ2) is 6.16. The molecule has 0 radical (unpaired) electrons. The van der Waals surface area contributed by atoms with E-state index in [9.17, 15) is 8.78 Å². The molecule has 0 saturated carbocycles. The zero-order valence-electron chi connectivity index (χ0n) is 9.93. The third-order valence-corrected chi connectivity index (χ3v) is 2.30. The highest BCUT2D eigenvalue weighted by atomic mass is 19.2. The second-order valence-corrected chi connectivity index (χ2v) is 3.98. The van der Waals surface area contributed by atoms with Crippen LogP contribution in [0.15, 0.2) is 12.1 Å². The fourth-order valence-electron chi connectivity index (χ4n) is 1.39. The second-order valence-electron chi connectivity index (χ2n) is 3.98. The summed E-state index contributed by atoms with van der Waals surface area (Å²) in [6.07, 6.45) is 0.827. The lowest BCUT2D eigenvalue weighted by atomic mass is 10.2. The van der Waals surface area contributed by atoms with E-state index in [1.54, 1.807) is 6.07 Å². The molecular weight excluding hydrogens is 224 g/mol. The van der Waals surface area contributed by atoms with Crippen LogP contribution >= 0.6 is 0 Å². The Bertz CT molecular complexity index is 424. The molecule has 1 N–H and O–H groups in total. The quantitative estimate of drug-likeness (QED) is 0.801. The topological polar surface area (TPSA) is 39.1 Å². The first kappa shape index (κ1) is 13.4. The Morgan fingerprint density at radius 1 is 1.29 bits per heavy atom. The highest BCUT2D eigenvalue weighted by Gasteiger charge is 2.12. The summed E-state index contributed by atoms with van der Waals surface area (Å²) in [6.45, 7) is 1.42.